The van der Waals surface area contributed by atoms with Gasteiger partial charge >= 0.3 is 11.6 Å². The highest BCUT2D eigenvalue weighted by Crippen LogP contribution is 2.23. The molecule has 4 rings (SSSR count). The summed E-state index contributed by atoms with van der Waals surface area (Å²) in [5, 5.41) is 13.9. The van der Waals surface area contributed by atoms with Gasteiger partial charge in [0.2, 0.25) is 0 Å². The largest absolute Gasteiger partial charge is 0.467 e. The predicted molar refractivity (Wildman–Crippen MR) is 115 cm³/mol. The molecule has 10 nitrogen and oxygen atoms in total. The molecular weight excluding hydrogens is 432 g/mol. The fourth-order valence-electron chi connectivity index (χ4n) is 3.14. The maximum atomic E-state index is 12.4. The number of ether oxygens (including phenoxy) is 1. The molecule has 0 saturated carbocycles. The van der Waals surface area contributed by atoms with E-state index in [0.717, 1.165) is 0 Å². The number of amides is 1. The van der Waals surface area contributed by atoms with E-state index in [1.807, 2.05) is 0 Å². The average Bonchev–Trinajstić information content (AvgIpc) is 3.30. The van der Waals surface area contributed by atoms with Crippen molar-refractivity contribution in [3.8, 4) is 5.75 Å². The molecule has 33 heavy (non-hydrogen) atoms. The monoisotopic (exact) mass is 448 g/mol. The van der Waals surface area contributed by atoms with Crippen LogP contribution in [0.3, 0.4) is 0 Å². The Hall–Kier alpha value is -4.73. The Kier molecular flexibility index (Phi) is 5.73. The van der Waals surface area contributed by atoms with Gasteiger partial charge in [0.15, 0.2) is 0 Å². The average molecular weight is 448 g/mol. The Morgan fingerprint density at radius 3 is 2.64 bits per heavy atom. The number of nitrogens with zero attached hydrogens (tertiary/aromatic N) is 1. The highest BCUT2D eigenvalue weighted by Gasteiger charge is 2.17. The van der Waals surface area contributed by atoms with E-state index >= 15 is 0 Å². The molecule has 0 aliphatic carbocycles. The van der Waals surface area contributed by atoms with E-state index in [0.29, 0.717) is 16.7 Å². The number of carbonyl (C=O) groups is 2. The second kappa shape index (κ2) is 8.79. The number of furan rings is 1. The van der Waals surface area contributed by atoms with Gasteiger partial charge in [-0.2, -0.15) is 0 Å². The summed E-state index contributed by atoms with van der Waals surface area (Å²) < 4.78 is 15.7. The third-order valence-corrected chi connectivity index (χ3v) is 4.80. The first kappa shape index (κ1) is 21.5. The molecule has 10 heteroatoms. The van der Waals surface area contributed by atoms with Gasteiger partial charge in [0.1, 0.15) is 22.7 Å². The van der Waals surface area contributed by atoms with Crippen molar-refractivity contribution in [2.75, 3.05) is 0 Å². The zero-order chi connectivity index (χ0) is 23.5. The van der Waals surface area contributed by atoms with Crippen molar-refractivity contribution in [3.63, 3.8) is 0 Å². The molecule has 4 aromatic rings. The van der Waals surface area contributed by atoms with Gasteiger partial charge in [-0.15, -0.1) is 0 Å². The van der Waals surface area contributed by atoms with E-state index < -0.39 is 22.4 Å². The smallest absolute Gasteiger partial charge is 0.349 e. The molecule has 1 N–H and O–H groups in total. The number of esters is 1. The molecule has 0 radical (unpaired) electrons. The van der Waals surface area contributed by atoms with Crippen LogP contribution in [0.4, 0.5) is 5.69 Å². The molecule has 0 spiro atoms. The van der Waals surface area contributed by atoms with Crippen molar-refractivity contribution in [2.45, 2.75) is 13.5 Å². The number of nitro benzene ring substituents is 1. The Morgan fingerprint density at radius 1 is 1.12 bits per heavy atom. The number of nitrogens with one attached hydrogen (secondary N) is 1. The van der Waals surface area contributed by atoms with Gasteiger partial charge in [-0.1, -0.05) is 0 Å². The van der Waals surface area contributed by atoms with Crippen LogP contribution >= 0.6 is 0 Å². The Morgan fingerprint density at radius 2 is 1.94 bits per heavy atom. The van der Waals surface area contributed by atoms with Crippen molar-refractivity contribution in [2.24, 2.45) is 0 Å². The zero-order valence-corrected chi connectivity index (χ0v) is 17.2. The number of fused-ring (bicyclic) bond motifs is 1. The molecule has 0 atom stereocenters. The highest BCUT2D eigenvalue weighted by molar-refractivity contribution is 5.97. The molecule has 0 unspecified atom stereocenters. The SMILES string of the molecule is Cc1cc(C(=O)Oc2ccc3cc(C(=O)NCc4ccco4)c(=O)oc3c2)ccc1[N+](=O)[O-]. The van der Waals surface area contributed by atoms with Crippen LogP contribution in [0.2, 0.25) is 0 Å². The fraction of sp³-hybridized carbons (Fsp3) is 0.0870. The van der Waals surface area contributed by atoms with Gasteiger partial charge in [0.25, 0.3) is 11.6 Å². The van der Waals surface area contributed by atoms with Crippen molar-refractivity contribution >= 4 is 28.5 Å². The van der Waals surface area contributed by atoms with E-state index in [1.165, 1.54) is 55.7 Å². The molecule has 0 aliphatic rings. The number of nitro groups is 1. The minimum Gasteiger partial charge on any atom is -0.467 e. The molecule has 0 aliphatic heterocycles. The van der Waals surface area contributed by atoms with E-state index in [1.54, 1.807) is 12.1 Å². The molecular formula is C23H16N2O8. The third-order valence-electron chi connectivity index (χ3n) is 4.80. The van der Waals surface area contributed by atoms with Crippen LogP contribution < -0.4 is 15.7 Å². The summed E-state index contributed by atoms with van der Waals surface area (Å²) in [6.07, 6.45) is 1.47. The van der Waals surface area contributed by atoms with E-state index in [-0.39, 0.29) is 34.7 Å². The first-order chi connectivity index (χ1) is 15.8. The molecule has 2 aromatic heterocycles. The molecule has 166 valence electrons. The second-order valence-electron chi connectivity index (χ2n) is 7.06. The minimum absolute atomic E-state index is 0.0988. The standard InChI is InChI=1S/C23H16N2O8/c1-13-9-15(5-7-19(13)25(29)30)22(27)32-16-6-4-14-10-18(23(28)33-20(14)11-16)21(26)24-12-17-3-2-8-31-17/h2-11H,12H2,1H3,(H,24,26). The maximum Gasteiger partial charge on any atom is 0.349 e. The molecule has 0 saturated heterocycles. The lowest BCUT2D eigenvalue weighted by Crippen LogP contribution is -2.27. The molecule has 2 aromatic carbocycles. The summed E-state index contributed by atoms with van der Waals surface area (Å²) in [6, 6.07) is 13.0. The minimum atomic E-state index is -0.853. The predicted octanol–water partition coefficient (Wildman–Crippen LogP) is 3.75. The second-order valence-corrected chi connectivity index (χ2v) is 7.06. The van der Waals surface area contributed by atoms with Gasteiger partial charge in [-0.05, 0) is 49.4 Å². The lowest BCUT2D eigenvalue weighted by molar-refractivity contribution is -0.385. The topological polar surface area (TPSA) is 142 Å². The zero-order valence-electron chi connectivity index (χ0n) is 17.2. The Balaban J connectivity index is 1.52. The van der Waals surface area contributed by atoms with Crippen molar-refractivity contribution in [3.05, 3.63) is 104 Å². The van der Waals surface area contributed by atoms with Crippen LogP contribution in [0.1, 0.15) is 32.0 Å². The summed E-state index contributed by atoms with van der Waals surface area (Å²) >= 11 is 0. The van der Waals surface area contributed by atoms with Crippen molar-refractivity contribution < 1.29 is 28.1 Å². The van der Waals surface area contributed by atoms with Crippen LogP contribution in [0.15, 0.2) is 74.5 Å². The van der Waals surface area contributed by atoms with Crippen LogP contribution in [-0.4, -0.2) is 16.8 Å². The van der Waals surface area contributed by atoms with Gasteiger partial charge < -0.3 is 18.9 Å². The number of hydrogen-bond donors (Lipinski definition) is 1. The summed E-state index contributed by atoms with van der Waals surface area (Å²) in [5.41, 5.74) is -0.579. The molecule has 0 fully saturated rings. The van der Waals surface area contributed by atoms with E-state index in [4.69, 9.17) is 13.6 Å². The van der Waals surface area contributed by atoms with Crippen LogP contribution in [-0.2, 0) is 6.54 Å². The quantitative estimate of drug-likeness (QED) is 0.154. The van der Waals surface area contributed by atoms with Gasteiger partial charge in [-0.3, -0.25) is 14.9 Å². The van der Waals surface area contributed by atoms with Crippen molar-refractivity contribution in [1.82, 2.24) is 5.32 Å². The molecule has 1 amide bonds. The highest BCUT2D eigenvalue weighted by atomic mass is 16.6. The number of rotatable bonds is 6. The maximum absolute atomic E-state index is 12.4. The van der Waals surface area contributed by atoms with E-state index in [2.05, 4.69) is 5.32 Å². The Labute approximate surface area is 185 Å². The summed E-state index contributed by atoms with van der Waals surface area (Å²) in [7, 11) is 0. The molecule has 0 bridgehead atoms. The normalized spacial score (nSPS) is 10.7. The van der Waals surface area contributed by atoms with Crippen molar-refractivity contribution in [1.29, 1.82) is 0 Å². The number of aryl methyl sites for hydroxylation is 1. The third kappa shape index (κ3) is 4.64. The van der Waals surface area contributed by atoms with E-state index in [9.17, 15) is 24.5 Å². The summed E-state index contributed by atoms with van der Waals surface area (Å²) in [4.78, 5) is 47.4. The first-order valence-corrected chi connectivity index (χ1v) is 9.67. The first-order valence-electron chi connectivity index (χ1n) is 9.67. The lowest BCUT2D eigenvalue weighted by Gasteiger charge is -2.07. The van der Waals surface area contributed by atoms with Gasteiger partial charge in [0.05, 0.1) is 23.3 Å². The number of carbonyl (C=O) groups excluding carboxylic acids is 2. The lowest BCUT2D eigenvalue weighted by atomic mass is 10.1. The van der Waals surface area contributed by atoms with Crippen LogP contribution in [0, 0.1) is 17.0 Å². The van der Waals surface area contributed by atoms with Gasteiger partial charge in [-0.25, -0.2) is 9.59 Å². The molecule has 2 heterocycles. The Bertz CT molecular complexity index is 1440. The summed E-state index contributed by atoms with van der Waals surface area (Å²) in [5.74, 6) is -0.723. The van der Waals surface area contributed by atoms with Crippen LogP contribution in [0.5, 0.6) is 5.75 Å². The van der Waals surface area contributed by atoms with Crippen LogP contribution in [0.25, 0.3) is 11.0 Å². The number of hydrogen-bond acceptors (Lipinski definition) is 8. The van der Waals surface area contributed by atoms with Gasteiger partial charge in [0, 0.05) is 23.1 Å². The number of benzene rings is 2. The summed E-state index contributed by atoms with van der Waals surface area (Å²) in [6.45, 7) is 1.63. The fourth-order valence-corrected chi connectivity index (χ4v) is 3.14.